The molecule has 0 radical (unpaired) electrons. The molecule has 0 atom stereocenters. The van der Waals surface area contributed by atoms with Crippen LogP contribution in [0.15, 0.2) is 12.2 Å². The molecular formula is C9H14O4. The van der Waals surface area contributed by atoms with Gasteiger partial charge in [-0.1, -0.05) is 12.2 Å². The number of esters is 1. The third-order valence-corrected chi connectivity index (χ3v) is 1.31. The first kappa shape index (κ1) is 11.7. The second-order valence-electron chi connectivity index (χ2n) is 2.56. The van der Waals surface area contributed by atoms with Crippen molar-refractivity contribution in [1.82, 2.24) is 0 Å². The first-order valence-corrected chi connectivity index (χ1v) is 4.13. The number of rotatable bonds is 6. The van der Waals surface area contributed by atoms with Crippen molar-refractivity contribution in [3.05, 3.63) is 12.2 Å². The van der Waals surface area contributed by atoms with Gasteiger partial charge in [0.2, 0.25) is 0 Å². The smallest absolute Gasteiger partial charge is 0.303 e. The fourth-order valence-electron chi connectivity index (χ4n) is 0.722. The molecule has 0 fully saturated rings. The summed E-state index contributed by atoms with van der Waals surface area (Å²) in [6.07, 6.45) is 5.02. The van der Waals surface area contributed by atoms with Gasteiger partial charge in [-0.15, -0.1) is 0 Å². The lowest BCUT2D eigenvalue weighted by Crippen LogP contribution is -1.97. The molecule has 0 bridgehead atoms. The summed E-state index contributed by atoms with van der Waals surface area (Å²) >= 11 is 0. The minimum atomic E-state index is -0.784. The molecule has 0 aliphatic heterocycles. The molecule has 1 N–H and O–H groups in total. The van der Waals surface area contributed by atoms with Crippen molar-refractivity contribution < 1.29 is 19.4 Å². The van der Waals surface area contributed by atoms with Crippen LogP contribution in [0.1, 0.15) is 26.2 Å². The van der Waals surface area contributed by atoms with Gasteiger partial charge in [0.25, 0.3) is 0 Å². The van der Waals surface area contributed by atoms with E-state index in [2.05, 4.69) is 4.74 Å². The number of carbonyl (C=O) groups is 2. The number of hydrogen-bond acceptors (Lipinski definition) is 3. The average Bonchev–Trinajstić information content (AvgIpc) is 2.01. The summed E-state index contributed by atoms with van der Waals surface area (Å²) in [5, 5.41) is 8.30. The number of ether oxygens (including phenoxy) is 1. The molecule has 0 heterocycles. The molecule has 74 valence electrons. The predicted octanol–water partition coefficient (Wildman–Crippen LogP) is 1.36. The summed E-state index contributed by atoms with van der Waals surface area (Å²) < 4.78 is 4.63. The van der Waals surface area contributed by atoms with Crippen LogP contribution in [0.25, 0.3) is 0 Å². The third kappa shape index (κ3) is 10.7. The number of unbranched alkanes of at least 4 members (excludes halogenated alkanes) is 1. The van der Waals surface area contributed by atoms with Crippen LogP contribution in [0.2, 0.25) is 0 Å². The van der Waals surface area contributed by atoms with Crippen LogP contribution in [0.3, 0.4) is 0 Å². The van der Waals surface area contributed by atoms with E-state index in [9.17, 15) is 9.59 Å². The van der Waals surface area contributed by atoms with E-state index in [1.807, 2.05) is 6.08 Å². The summed E-state index contributed by atoms with van der Waals surface area (Å²) in [5.41, 5.74) is 0. The molecule has 4 heteroatoms. The highest BCUT2D eigenvalue weighted by Crippen LogP contribution is 1.96. The van der Waals surface area contributed by atoms with E-state index < -0.39 is 5.97 Å². The lowest BCUT2D eigenvalue weighted by molar-refractivity contribution is -0.140. The number of carboxylic acids is 1. The fourth-order valence-corrected chi connectivity index (χ4v) is 0.722. The number of aliphatic carboxylic acids is 1. The predicted molar refractivity (Wildman–Crippen MR) is 47.3 cm³/mol. The van der Waals surface area contributed by atoms with Crippen molar-refractivity contribution in [3.8, 4) is 0 Å². The Hall–Kier alpha value is -1.32. The van der Waals surface area contributed by atoms with E-state index in [-0.39, 0.29) is 19.0 Å². The molecule has 0 aliphatic carbocycles. The Morgan fingerprint density at radius 3 is 2.62 bits per heavy atom. The van der Waals surface area contributed by atoms with Crippen LogP contribution in [-0.2, 0) is 14.3 Å². The molecule has 0 aromatic rings. The number of carboxylic acid groups (broad SMARTS) is 1. The number of carbonyl (C=O) groups excluding carboxylic acids is 1. The molecule has 0 amide bonds. The van der Waals surface area contributed by atoms with Gasteiger partial charge >= 0.3 is 11.9 Å². The molecule has 0 aromatic carbocycles. The van der Waals surface area contributed by atoms with Crippen LogP contribution in [0.5, 0.6) is 0 Å². The molecule has 4 nitrogen and oxygen atoms in total. The Morgan fingerprint density at radius 1 is 1.38 bits per heavy atom. The van der Waals surface area contributed by atoms with Gasteiger partial charge in [0.1, 0.15) is 6.61 Å². The van der Waals surface area contributed by atoms with E-state index in [1.54, 1.807) is 6.08 Å². The lowest BCUT2D eigenvalue weighted by Gasteiger charge is -1.94. The van der Waals surface area contributed by atoms with Crippen LogP contribution in [0.4, 0.5) is 0 Å². The van der Waals surface area contributed by atoms with Crippen LogP contribution in [0, 0.1) is 0 Å². The first-order chi connectivity index (χ1) is 6.13. The quantitative estimate of drug-likeness (QED) is 0.386. The standard InChI is InChI=1S/C9H14O4/c1-8(10)13-7-5-3-2-4-6-9(11)12/h3,5H,2,4,6-7H2,1H3,(H,11,12). The zero-order chi connectivity index (χ0) is 10.1. The third-order valence-electron chi connectivity index (χ3n) is 1.31. The molecule has 0 aromatic heterocycles. The molecule has 0 rings (SSSR count). The van der Waals surface area contributed by atoms with Gasteiger partial charge in [0, 0.05) is 13.3 Å². The number of allylic oxidation sites excluding steroid dienone is 1. The Labute approximate surface area is 77.2 Å². The molecule has 0 aliphatic rings. The molecule has 0 saturated heterocycles. The largest absolute Gasteiger partial charge is 0.481 e. The maximum absolute atomic E-state index is 10.3. The second kappa shape index (κ2) is 7.34. The minimum Gasteiger partial charge on any atom is -0.481 e. The van der Waals surface area contributed by atoms with Crippen molar-refractivity contribution in [3.63, 3.8) is 0 Å². The first-order valence-electron chi connectivity index (χ1n) is 4.13. The summed E-state index contributed by atoms with van der Waals surface area (Å²) in [6.45, 7) is 1.61. The van der Waals surface area contributed by atoms with E-state index >= 15 is 0 Å². The van der Waals surface area contributed by atoms with Crippen molar-refractivity contribution >= 4 is 11.9 Å². The van der Waals surface area contributed by atoms with E-state index in [0.717, 1.165) is 0 Å². The zero-order valence-electron chi connectivity index (χ0n) is 7.66. The van der Waals surface area contributed by atoms with E-state index in [1.165, 1.54) is 6.92 Å². The van der Waals surface area contributed by atoms with Crippen molar-refractivity contribution in [1.29, 1.82) is 0 Å². The molecule has 13 heavy (non-hydrogen) atoms. The maximum atomic E-state index is 10.3. The van der Waals surface area contributed by atoms with Crippen molar-refractivity contribution in [2.75, 3.05) is 6.61 Å². The zero-order valence-corrected chi connectivity index (χ0v) is 7.66. The monoisotopic (exact) mass is 186 g/mol. The summed E-state index contributed by atoms with van der Waals surface area (Å²) in [6, 6.07) is 0. The molecule has 0 saturated carbocycles. The van der Waals surface area contributed by atoms with Gasteiger partial charge in [-0.25, -0.2) is 0 Å². The van der Waals surface area contributed by atoms with E-state index in [0.29, 0.717) is 12.8 Å². The van der Waals surface area contributed by atoms with Crippen molar-refractivity contribution in [2.24, 2.45) is 0 Å². The topological polar surface area (TPSA) is 63.6 Å². The highest BCUT2D eigenvalue weighted by molar-refractivity contribution is 5.66. The Bertz CT molecular complexity index is 196. The van der Waals surface area contributed by atoms with Crippen LogP contribution < -0.4 is 0 Å². The lowest BCUT2D eigenvalue weighted by atomic mass is 10.2. The SMILES string of the molecule is CC(=O)OCC=CCCCC(=O)O. The van der Waals surface area contributed by atoms with Gasteiger partial charge in [-0.05, 0) is 12.8 Å². The Balaban J connectivity index is 3.22. The van der Waals surface area contributed by atoms with E-state index in [4.69, 9.17) is 5.11 Å². The highest BCUT2D eigenvalue weighted by Gasteiger charge is 1.93. The fraction of sp³-hybridized carbons (Fsp3) is 0.556. The van der Waals surface area contributed by atoms with Gasteiger partial charge in [-0.3, -0.25) is 9.59 Å². The summed E-state index contributed by atoms with van der Waals surface area (Å²) in [4.78, 5) is 20.4. The normalized spacial score (nSPS) is 10.2. The molecular weight excluding hydrogens is 172 g/mol. The van der Waals surface area contributed by atoms with Gasteiger partial charge < -0.3 is 9.84 Å². The van der Waals surface area contributed by atoms with Crippen molar-refractivity contribution in [2.45, 2.75) is 26.2 Å². The summed E-state index contributed by atoms with van der Waals surface area (Å²) in [5.74, 6) is -1.09. The second-order valence-corrected chi connectivity index (χ2v) is 2.56. The Morgan fingerprint density at radius 2 is 2.08 bits per heavy atom. The average molecular weight is 186 g/mol. The van der Waals surface area contributed by atoms with Gasteiger partial charge in [0.05, 0.1) is 0 Å². The number of hydrogen-bond donors (Lipinski definition) is 1. The Kier molecular flexibility index (Phi) is 6.59. The van der Waals surface area contributed by atoms with Crippen LogP contribution in [-0.4, -0.2) is 23.7 Å². The minimum absolute atomic E-state index is 0.178. The molecule has 0 unspecified atom stereocenters. The maximum Gasteiger partial charge on any atom is 0.303 e. The summed E-state index contributed by atoms with van der Waals surface area (Å²) in [7, 11) is 0. The molecule has 0 spiro atoms. The highest BCUT2D eigenvalue weighted by atomic mass is 16.5. The van der Waals surface area contributed by atoms with Gasteiger partial charge in [-0.2, -0.15) is 0 Å². The van der Waals surface area contributed by atoms with Crippen LogP contribution >= 0.6 is 0 Å². The van der Waals surface area contributed by atoms with Gasteiger partial charge in [0.15, 0.2) is 0 Å².